The van der Waals surface area contributed by atoms with E-state index in [0.717, 1.165) is 30.2 Å². The fraction of sp³-hybridized carbons (Fsp3) is 0.385. The third kappa shape index (κ3) is 3.48. The van der Waals surface area contributed by atoms with E-state index >= 15 is 0 Å². The van der Waals surface area contributed by atoms with Crippen LogP contribution in [0.4, 0.5) is 11.6 Å². The van der Waals surface area contributed by atoms with Crippen molar-refractivity contribution in [3.63, 3.8) is 0 Å². The first kappa shape index (κ1) is 12.4. The molecule has 18 heavy (non-hydrogen) atoms. The number of aromatic nitrogens is 2. The van der Waals surface area contributed by atoms with Gasteiger partial charge in [0, 0.05) is 19.5 Å². The van der Waals surface area contributed by atoms with Gasteiger partial charge in [-0.1, -0.05) is 0 Å². The average molecular weight is 246 g/mol. The summed E-state index contributed by atoms with van der Waals surface area (Å²) in [6, 6.07) is 4.22. The molecule has 2 rings (SSSR count). The Morgan fingerprint density at radius 1 is 1.33 bits per heavy atom. The molecule has 1 unspecified atom stereocenters. The lowest BCUT2D eigenvalue weighted by molar-refractivity contribution is 0.495. The molecular formula is C13H18N4O. The smallest absolute Gasteiger partial charge is 0.147 e. The van der Waals surface area contributed by atoms with Crippen molar-refractivity contribution in [2.75, 3.05) is 17.7 Å². The number of hydrogen-bond acceptors (Lipinski definition) is 5. The van der Waals surface area contributed by atoms with Crippen molar-refractivity contribution in [2.45, 2.75) is 25.8 Å². The zero-order valence-electron chi connectivity index (χ0n) is 10.7. The maximum Gasteiger partial charge on any atom is 0.147 e. The molecule has 1 atom stereocenters. The Morgan fingerprint density at radius 3 is 2.89 bits per heavy atom. The van der Waals surface area contributed by atoms with Gasteiger partial charge in [-0.15, -0.1) is 0 Å². The second-order valence-corrected chi connectivity index (χ2v) is 4.20. The summed E-state index contributed by atoms with van der Waals surface area (Å²) in [5.41, 5.74) is 0. The van der Waals surface area contributed by atoms with Crippen molar-refractivity contribution in [3.05, 3.63) is 36.5 Å². The highest BCUT2D eigenvalue weighted by Gasteiger charge is 2.05. The van der Waals surface area contributed by atoms with Gasteiger partial charge >= 0.3 is 0 Å². The van der Waals surface area contributed by atoms with E-state index in [4.69, 9.17) is 4.42 Å². The van der Waals surface area contributed by atoms with Crippen LogP contribution in [0.2, 0.25) is 0 Å². The molecule has 0 bridgehead atoms. The van der Waals surface area contributed by atoms with Crippen LogP contribution in [0.1, 0.15) is 19.1 Å². The molecule has 0 aromatic carbocycles. The fourth-order valence-electron chi connectivity index (χ4n) is 1.69. The van der Waals surface area contributed by atoms with Crippen molar-refractivity contribution < 1.29 is 4.42 Å². The molecule has 0 radical (unpaired) electrons. The maximum absolute atomic E-state index is 5.30. The standard InChI is InChI=1S/C13H18N4O/c1-10(5-6-11-4-3-7-18-11)16-13-9-15-8-12(14-2)17-13/h3-4,7-10H,5-6H2,1-2H3,(H2,14,16,17). The topological polar surface area (TPSA) is 63.0 Å². The predicted molar refractivity (Wildman–Crippen MR) is 71.7 cm³/mol. The number of nitrogens with zero attached hydrogens (tertiary/aromatic N) is 2. The minimum atomic E-state index is 0.316. The molecule has 5 nitrogen and oxygen atoms in total. The van der Waals surface area contributed by atoms with Crippen LogP contribution in [0.5, 0.6) is 0 Å². The summed E-state index contributed by atoms with van der Waals surface area (Å²) in [5, 5.41) is 6.29. The van der Waals surface area contributed by atoms with E-state index in [1.807, 2.05) is 19.2 Å². The Hall–Kier alpha value is -2.04. The molecule has 0 fully saturated rings. The van der Waals surface area contributed by atoms with E-state index in [-0.39, 0.29) is 0 Å². The molecular weight excluding hydrogens is 228 g/mol. The average Bonchev–Trinajstić information content (AvgIpc) is 2.90. The summed E-state index contributed by atoms with van der Waals surface area (Å²) in [6.45, 7) is 2.12. The first-order valence-corrected chi connectivity index (χ1v) is 6.06. The van der Waals surface area contributed by atoms with Crippen LogP contribution >= 0.6 is 0 Å². The molecule has 0 saturated heterocycles. The quantitative estimate of drug-likeness (QED) is 0.820. The zero-order chi connectivity index (χ0) is 12.8. The van der Waals surface area contributed by atoms with Gasteiger partial charge in [-0.3, -0.25) is 4.98 Å². The zero-order valence-corrected chi connectivity index (χ0v) is 10.7. The number of furan rings is 1. The molecule has 2 N–H and O–H groups in total. The Balaban J connectivity index is 1.84. The maximum atomic E-state index is 5.30. The Bertz CT molecular complexity index is 470. The molecule has 5 heteroatoms. The summed E-state index contributed by atoms with van der Waals surface area (Å²) in [4.78, 5) is 8.48. The lowest BCUT2D eigenvalue weighted by Crippen LogP contribution is -2.17. The minimum absolute atomic E-state index is 0.316. The number of hydrogen-bond donors (Lipinski definition) is 2. The van der Waals surface area contributed by atoms with Crippen molar-refractivity contribution in [2.24, 2.45) is 0 Å². The fourth-order valence-corrected chi connectivity index (χ4v) is 1.69. The highest BCUT2D eigenvalue weighted by Crippen LogP contribution is 2.11. The summed E-state index contributed by atoms with van der Waals surface area (Å²) >= 11 is 0. The van der Waals surface area contributed by atoms with E-state index in [1.54, 1.807) is 18.7 Å². The monoisotopic (exact) mass is 246 g/mol. The number of aryl methyl sites for hydroxylation is 1. The molecule has 0 amide bonds. The van der Waals surface area contributed by atoms with Crippen LogP contribution in [0.25, 0.3) is 0 Å². The lowest BCUT2D eigenvalue weighted by Gasteiger charge is -2.13. The highest BCUT2D eigenvalue weighted by atomic mass is 16.3. The van der Waals surface area contributed by atoms with Gasteiger partial charge in [-0.25, -0.2) is 4.98 Å². The molecule has 0 spiro atoms. The molecule has 0 aliphatic carbocycles. The van der Waals surface area contributed by atoms with Gasteiger partial charge in [0.2, 0.25) is 0 Å². The van der Waals surface area contributed by atoms with E-state index in [9.17, 15) is 0 Å². The molecule has 0 saturated carbocycles. The number of anilines is 2. The van der Waals surface area contributed by atoms with Crippen LogP contribution in [0, 0.1) is 0 Å². The second kappa shape index (κ2) is 6.05. The van der Waals surface area contributed by atoms with Crippen LogP contribution < -0.4 is 10.6 Å². The van der Waals surface area contributed by atoms with Crippen LogP contribution in [-0.2, 0) is 6.42 Å². The van der Waals surface area contributed by atoms with E-state index < -0.39 is 0 Å². The Kier molecular flexibility index (Phi) is 4.17. The van der Waals surface area contributed by atoms with E-state index in [2.05, 4.69) is 27.5 Å². The summed E-state index contributed by atoms with van der Waals surface area (Å²) < 4.78 is 5.30. The van der Waals surface area contributed by atoms with Crippen molar-refractivity contribution in [1.82, 2.24) is 9.97 Å². The van der Waals surface area contributed by atoms with E-state index in [0.29, 0.717) is 6.04 Å². The largest absolute Gasteiger partial charge is 0.469 e. The van der Waals surface area contributed by atoms with Gasteiger partial charge in [-0.2, -0.15) is 0 Å². The highest BCUT2D eigenvalue weighted by molar-refractivity contribution is 5.41. The Morgan fingerprint density at radius 2 is 2.17 bits per heavy atom. The lowest BCUT2D eigenvalue weighted by atomic mass is 10.1. The number of nitrogens with one attached hydrogen (secondary N) is 2. The first-order chi connectivity index (χ1) is 8.78. The van der Waals surface area contributed by atoms with Gasteiger partial charge in [0.1, 0.15) is 17.4 Å². The van der Waals surface area contributed by atoms with E-state index in [1.165, 1.54) is 0 Å². The van der Waals surface area contributed by atoms with Crippen LogP contribution in [0.3, 0.4) is 0 Å². The second-order valence-electron chi connectivity index (χ2n) is 4.20. The van der Waals surface area contributed by atoms with Crippen molar-refractivity contribution in [1.29, 1.82) is 0 Å². The van der Waals surface area contributed by atoms with Crippen molar-refractivity contribution >= 4 is 11.6 Å². The normalized spacial score (nSPS) is 12.1. The number of rotatable bonds is 6. The molecule has 0 aliphatic heterocycles. The molecule has 0 aliphatic rings. The Labute approximate surface area is 107 Å². The van der Waals surface area contributed by atoms with Gasteiger partial charge in [0.05, 0.1) is 18.7 Å². The molecule has 2 heterocycles. The third-order valence-corrected chi connectivity index (χ3v) is 2.69. The first-order valence-electron chi connectivity index (χ1n) is 6.06. The van der Waals surface area contributed by atoms with Gasteiger partial charge in [-0.05, 0) is 25.5 Å². The summed E-state index contributed by atoms with van der Waals surface area (Å²) in [7, 11) is 1.83. The predicted octanol–water partition coefficient (Wildman–Crippen LogP) is 2.54. The third-order valence-electron chi connectivity index (χ3n) is 2.69. The molecule has 2 aromatic heterocycles. The summed E-state index contributed by atoms with van der Waals surface area (Å²) in [5.74, 6) is 2.56. The SMILES string of the molecule is CNc1cncc(NC(C)CCc2ccco2)n1. The minimum Gasteiger partial charge on any atom is -0.469 e. The van der Waals surface area contributed by atoms with Crippen LogP contribution in [-0.4, -0.2) is 23.1 Å². The van der Waals surface area contributed by atoms with Crippen molar-refractivity contribution in [3.8, 4) is 0 Å². The molecule has 2 aromatic rings. The van der Waals surface area contributed by atoms with Gasteiger partial charge < -0.3 is 15.1 Å². The molecule has 96 valence electrons. The van der Waals surface area contributed by atoms with Gasteiger partial charge in [0.15, 0.2) is 0 Å². The van der Waals surface area contributed by atoms with Crippen LogP contribution in [0.15, 0.2) is 35.2 Å². The summed E-state index contributed by atoms with van der Waals surface area (Å²) in [6.07, 6.45) is 7.03. The van der Waals surface area contributed by atoms with Gasteiger partial charge in [0.25, 0.3) is 0 Å².